The smallest absolute Gasteiger partial charge is 0 e. The molecule has 0 heterocycles. The molecular weight excluding hydrogens is 187 g/mol. The molecule has 0 aromatic carbocycles. The number of nitrogens with two attached hydrogens (primary N) is 1. The van der Waals surface area contributed by atoms with Crippen molar-refractivity contribution in [3.63, 3.8) is 0 Å². The predicted molar refractivity (Wildman–Crippen MR) is 37.5 cm³/mol. The van der Waals surface area contributed by atoms with Crippen molar-refractivity contribution in [1.29, 1.82) is 0 Å². The Bertz CT molecular complexity index is 48.2. The third-order valence-electron chi connectivity index (χ3n) is 1.28. The summed E-state index contributed by atoms with van der Waals surface area (Å²) in [6.45, 7) is 4.26. The fraction of sp³-hybridized carbons (Fsp3) is 0.857. The van der Waals surface area contributed by atoms with Crippen LogP contribution in [0.4, 0.5) is 0 Å². The van der Waals surface area contributed by atoms with Crippen LogP contribution in [0.5, 0.6) is 0 Å². The first kappa shape index (κ1) is 12.7. The first-order valence-electron chi connectivity index (χ1n) is 3.38. The van der Waals surface area contributed by atoms with Gasteiger partial charge in [-0.15, -0.1) is 0 Å². The topological polar surface area (TPSA) is 26.0 Å². The zero-order valence-electron chi connectivity index (χ0n) is 6.43. The van der Waals surface area contributed by atoms with Crippen LogP contribution in [0.1, 0.15) is 33.1 Å². The number of hydrogen-bond donors (Lipinski definition) is 1. The van der Waals surface area contributed by atoms with Gasteiger partial charge in [-0.3, -0.25) is 0 Å². The van der Waals surface area contributed by atoms with Gasteiger partial charge >= 0.3 is 0 Å². The summed E-state index contributed by atoms with van der Waals surface area (Å²) in [5, 5.41) is 0. The average Bonchev–Trinajstić information content (AvgIpc) is 1.83. The van der Waals surface area contributed by atoms with E-state index in [1.807, 2.05) is 0 Å². The second kappa shape index (κ2) is 9.06. The van der Waals surface area contributed by atoms with Gasteiger partial charge in [0, 0.05) is 32.7 Å². The Morgan fingerprint density at radius 2 is 2.00 bits per heavy atom. The molecule has 9 heavy (non-hydrogen) atoms. The van der Waals surface area contributed by atoms with Crippen LogP contribution in [-0.4, -0.2) is 6.04 Å². The van der Waals surface area contributed by atoms with Crippen LogP contribution in [0.3, 0.4) is 0 Å². The van der Waals surface area contributed by atoms with E-state index in [1.54, 1.807) is 0 Å². The SMILES string of the molecule is CC[CH-]CC(N)CC.[Y]. The molecule has 0 saturated carbocycles. The van der Waals surface area contributed by atoms with Gasteiger partial charge in [0.2, 0.25) is 0 Å². The quantitative estimate of drug-likeness (QED) is 0.692. The minimum absolute atomic E-state index is 0. The molecule has 1 radical (unpaired) electrons. The predicted octanol–water partition coefficient (Wildman–Crippen LogP) is 1.73. The molecule has 2 heteroatoms. The van der Waals surface area contributed by atoms with Crippen molar-refractivity contribution in [2.45, 2.75) is 39.2 Å². The fourth-order valence-electron chi connectivity index (χ4n) is 0.547. The minimum Gasteiger partial charge on any atom is -0.330 e. The Morgan fingerprint density at radius 1 is 1.44 bits per heavy atom. The molecule has 0 amide bonds. The van der Waals surface area contributed by atoms with E-state index in [0.717, 1.165) is 19.3 Å². The summed E-state index contributed by atoms with van der Waals surface area (Å²) >= 11 is 0. The van der Waals surface area contributed by atoms with Crippen molar-refractivity contribution < 1.29 is 32.7 Å². The second-order valence-electron chi connectivity index (χ2n) is 2.10. The normalized spacial score (nSPS) is 12.3. The Labute approximate surface area is 83.7 Å². The Balaban J connectivity index is 0. The largest absolute Gasteiger partial charge is 0.330 e. The molecule has 0 aliphatic carbocycles. The summed E-state index contributed by atoms with van der Waals surface area (Å²) < 4.78 is 0. The molecule has 0 saturated heterocycles. The van der Waals surface area contributed by atoms with Gasteiger partial charge in [0.15, 0.2) is 0 Å². The van der Waals surface area contributed by atoms with Gasteiger partial charge in [0.05, 0.1) is 0 Å². The van der Waals surface area contributed by atoms with Crippen LogP contribution in [-0.2, 0) is 32.7 Å². The molecule has 2 N–H and O–H groups in total. The molecule has 0 fully saturated rings. The molecule has 1 nitrogen and oxygen atoms in total. The van der Waals surface area contributed by atoms with Crippen LogP contribution < -0.4 is 5.73 Å². The Kier molecular flexibility index (Phi) is 12.8. The summed E-state index contributed by atoms with van der Waals surface area (Å²) in [7, 11) is 0. The second-order valence-corrected chi connectivity index (χ2v) is 2.10. The van der Waals surface area contributed by atoms with Gasteiger partial charge in [-0.25, -0.2) is 0 Å². The first-order valence-corrected chi connectivity index (χ1v) is 3.38. The Morgan fingerprint density at radius 3 is 2.33 bits per heavy atom. The van der Waals surface area contributed by atoms with Crippen molar-refractivity contribution in [2.75, 3.05) is 0 Å². The molecule has 0 aliphatic heterocycles. The maximum Gasteiger partial charge on any atom is 0 e. The van der Waals surface area contributed by atoms with Crippen LogP contribution >= 0.6 is 0 Å². The van der Waals surface area contributed by atoms with Gasteiger partial charge < -0.3 is 12.2 Å². The van der Waals surface area contributed by atoms with Crippen LogP contribution in [0.25, 0.3) is 0 Å². The monoisotopic (exact) mass is 203 g/mol. The maximum atomic E-state index is 5.63. The van der Waals surface area contributed by atoms with Crippen LogP contribution in [0, 0.1) is 6.42 Å². The number of rotatable bonds is 4. The molecule has 0 aromatic rings. The summed E-state index contributed by atoms with van der Waals surface area (Å²) in [6.07, 6.45) is 5.55. The molecule has 0 aromatic heterocycles. The van der Waals surface area contributed by atoms with E-state index in [4.69, 9.17) is 5.73 Å². The van der Waals surface area contributed by atoms with Crippen LogP contribution in [0.2, 0.25) is 0 Å². The molecule has 0 spiro atoms. The summed E-state index contributed by atoms with van der Waals surface area (Å²) in [6, 6.07) is 0.398. The van der Waals surface area contributed by atoms with Crippen molar-refractivity contribution in [3.8, 4) is 0 Å². The fourth-order valence-corrected chi connectivity index (χ4v) is 0.547. The van der Waals surface area contributed by atoms with E-state index in [1.165, 1.54) is 0 Å². The average molecular weight is 203 g/mol. The molecular formula is C7H16NY-. The van der Waals surface area contributed by atoms with Gasteiger partial charge in [0.1, 0.15) is 0 Å². The van der Waals surface area contributed by atoms with Crippen molar-refractivity contribution >= 4 is 0 Å². The van der Waals surface area contributed by atoms with E-state index in [9.17, 15) is 0 Å². The van der Waals surface area contributed by atoms with Crippen LogP contribution in [0.15, 0.2) is 0 Å². The third kappa shape index (κ3) is 9.06. The van der Waals surface area contributed by atoms with Gasteiger partial charge in [0.25, 0.3) is 0 Å². The molecule has 1 unspecified atom stereocenters. The summed E-state index contributed by atoms with van der Waals surface area (Å²) in [5.41, 5.74) is 5.63. The molecule has 0 aliphatic rings. The number of hydrogen-bond acceptors (Lipinski definition) is 1. The summed E-state index contributed by atoms with van der Waals surface area (Å²) in [5.74, 6) is 0. The van der Waals surface area contributed by atoms with Gasteiger partial charge in [-0.2, -0.15) is 12.8 Å². The first-order chi connectivity index (χ1) is 3.81. The third-order valence-corrected chi connectivity index (χ3v) is 1.28. The zero-order chi connectivity index (χ0) is 6.41. The molecule has 0 rings (SSSR count). The standard InChI is InChI=1S/C7H16N.Y/c1-3-5-6-7(8)4-2;/h5,7H,3-4,6,8H2,1-2H3;/q-1;. The molecule has 0 bridgehead atoms. The van der Waals surface area contributed by atoms with Gasteiger partial charge in [-0.1, -0.05) is 13.8 Å². The molecule has 1 atom stereocenters. The van der Waals surface area contributed by atoms with E-state index in [-0.39, 0.29) is 32.7 Å². The van der Waals surface area contributed by atoms with Gasteiger partial charge in [-0.05, 0) is 12.5 Å². The van der Waals surface area contributed by atoms with E-state index < -0.39 is 0 Å². The maximum absolute atomic E-state index is 5.63. The summed E-state index contributed by atoms with van der Waals surface area (Å²) in [4.78, 5) is 0. The van der Waals surface area contributed by atoms with Crippen molar-refractivity contribution in [3.05, 3.63) is 6.42 Å². The van der Waals surface area contributed by atoms with Crippen molar-refractivity contribution in [1.82, 2.24) is 0 Å². The number of unbranched alkanes of at least 4 members (excludes halogenated alkanes) is 1. The Hall–Kier alpha value is 1.06. The zero-order valence-corrected chi connectivity index (χ0v) is 9.27. The minimum atomic E-state index is 0. The molecule has 53 valence electrons. The van der Waals surface area contributed by atoms with Crippen molar-refractivity contribution in [2.24, 2.45) is 5.73 Å². The van der Waals surface area contributed by atoms with E-state index in [2.05, 4.69) is 20.3 Å². The van der Waals surface area contributed by atoms with E-state index >= 15 is 0 Å². The van der Waals surface area contributed by atoms with E-state index in [0.29, 0.717) is 6.04 Å².